The van der Waals surface area contributed by atoms with E-state index in [2.05, 4.69) is 170 Å². The summed E-state index contributed by atoms with van der Waals surface area (Å²) in [6, 6.07) is 36.6. The molecule has 353 valence electrons. The minimum Gasteiger partial charge on any atom is -0.405 e. The average molecular weight is 1120 g/mol. The minimum absolute atomic E-state index is 0. The standard InChI is InChI=1S/C27H24S2.C19H20B2O4.C10H6Br2S2.CH4.B/c1-15-5-9-20-21-10-8-17(13-23(21)27(3,4)22(20)11-15)24-14-19-7-6-18-12-16(2)28-25(18)26(19)29-24;1-19(2)17-11-13(20-22-7-8-23-20)3-5-15(17)16-6-4-14(12-18(16)19)21-24-9-10-25-21;11-7-3-5-1-2-6-4-8(12)14-10(6)9(5)13-7;;/h5,8-14H,6-7H2,1-4H3;3-6,11-12H,7-10H2,1-2H3;3-4H,1-2H2;1H4;. The molecular weight excluding hydrogens is 1070 g/mol. The number of benzene rings is 4. The van der Waals surface area contributed by atoms with Crippen molar-refractivity contribution in [2.75, 3.05) is 26.4 Å². The van der Waals surface area contributed by atoms with Crippen LogP contribution in [0.5, 0.6) is 0 Å². The Balaban J connectivity index is 0.000000126. The molecule has 14 rings (SSSR count). The van der Waals surface area contributed by atoms with Crippen molar-refractivity contribution in [3.05, 3.63) is 160 Å². The third kappa shape index (κ3) is 8.79. The van der Waals surface area contributed by atoms with Gasteiger partial charge >= 0.3 is 14.2 Å². The van der Waals surface area contributed by atoms with Gasteiger partial charge in [-0.1, -0.05) is 107 Å². The van der Waals surface area contributed by atoms with Crippen LogP contribution < -0.4 is 10.9 Å². The summed E-state index contributed by atoms with van der Waals surface area (Å²) in [4.78, 5) is 8.81. The van der Waals surface area contributed by atoms with Gasteiger partial charge in [-0.2, -0.15) is 0 Å². The van der Waals surface area contributed by atoms with Gasteiger partial charge in [-0.25, -0.2) is 0 Å². The predicted octanol–water partition coefficient (Wildman–Crippen LogP) is 15.0. The summed E-state index contributed by atoms with van der Waals surface area (Å²) in [5.74, 6) is 0. The Morgan fingerprint density at radius 1 is 0.457 bits per heavy atom. The number of hydrogen-bond donors (Lipinski definition) is 0. The minimum atomic E-state index is -0.235. The van der Waals surface area contributed by atoms with Crippen molar-refractivity contribution in [2.24, 2.45) is 0 Å². The molecule has 0 unspecified atom stereocenters. The van der Waals surface area contributed by atoms with Crippen molar-refractivity contribution in [1.29, 1.82) is 0 Å². The molecule has 6 aliphatic rings. The molecule has 3 radical (unpaired) electrons. The second-order valence-electron chi connectivity index (χ2n) is 19.8. The van der Waals surface area contributed by atoms with Gasteiger partial charge in [0.15, 0.2) is 0 Å². The van der Waals surface area contributed by atoms with E-state index in [1.165, 1.54) is 135 Å². The van der Waals surface area contributed by atoms with Crippen LogP contribution in [-0.2, 0) is 55.1 Å². The summed E-state index contributed by atoms with van der Waals surface area (Å²) in [5.41, 5.74) is 22.0. The summed E-state index contributed by atoms with van der Waals surface area (Å²) in [6.07, 6.45) is 4.74. The second kappa shape index (κ2) is 19.5. The predicted molar refractivity (Wildman–Crippen MR) is 309 cm³/mol. The zero-order valence-corrected chi connectivity index (χ0v) is 46.1. The van der Waals surface area contributed by atoms with Crippen molar-refractivity contribution in [3.8, 4) is 52.2 Å². The van der Waals surface area contributed by atoms with Crippen LogP contribution in [0.2, 0.25) is 0 Å². The van der Waals surface area contributed by atoms with E-state index in [1.54, 1.807) is 5.56 Å². The summed E-state index contributed by atoms with van der Waals surface area (Å²) >= 11 is 14.8. The monoisotopic (exact) mass is 1120 g/mol. The molecule has 0 N–H and O–H groups in total. The third-order valence-electron chi connectivity index (χ3n) is 14.7. The van der Waals surface area contributed by atoms with E-state index >= 15 is 0 Å². The van der Waals surface area contributed by atoms with Gasteiger partial charge in [-0.3, -0.25) is 0 Å². The average Bonchev–Trinajstić information content (AvgIpc) is 4.20. The van der Waals surface area contributed by atoms with Crippen LogP contribution in [0.15, 0.2) is 105 Å². The molecule has 0 saturated carbocycles. The number of thiophene rings is 4. The summed E-state index contributed by atoms with van der Waals surface area (Å²) in [5, 5.41) is 0. The first-order chi connectivity index (χ1) is 32.8. The molecule has 70 heavy (non-hydrogen) atoms. The topological polar surface area (TPSA) is 36.9 Å². The summed E-state index contributed by atoms with van der Waals surface area (Å²) in [7, 11) is -0.471. The van der Waals surface area contributed by atoms with Gasteiger partial charge in [0.05, 0.1) is 34.0 Å². The smallest absolute Gasteiger partial charge is 0.405 e. The highest BCUT2D eigenvalue weighted by Crippen LogP contribution is 2.53. The molecular formula is C57H54B3Br2O4S4. The Bertz CT molecular complexity index is 3180. The van der Waals surface area contributed by atoms with Crippen molar-refractivity contribution in [1.82, 2.24) is 0 Å². The van der Waals surface area contributed by atoms with Crippen LogP contribution in [0, 0.1) is 13.8 Å². The van der Waals surface area contributed by atoms with Crippen molar-refractivity contribution in [2.45, 2.75) is 85.5 Å². The van der Waals surface area contributed by atoms with Gasteiger partial charge in [-0.05, 0) is 185 Å². The van der Waals surface area contributed by atoms with Crippen LogP contribution in [0.3, 0.4) is 0 Å². The lowest BCUT2D eigenvalue weighted by molar-refractivity contribution is 0.365. The van der Waals surface area contributed by atoms with Gasteiger partial charge in [-0.15, -0.1) is 45.3 Å². The number of halogens is 2. The Hall–Kier alpha value is -3.33. The lowest BCUT2D eigenvalue weighted by atomic mass is 9.73. The molecule has 4 aliphatic carbocycles. The highest BCUT2D eigenvalue weighted by molar-refractivity contribution is 9.11. The summed E-state index contributed by atoms with van der Waals surface area (Å²) in [6.45, 7) is 16.4. The quantitative estimate of drug-likeness (QED) is 0.165. The largest absolute Gasteiger partial charge is 0.494 e. The molecule has 0 amide bonds. The molecule has 0 bridgehead atoms. The second-order valence-corrected chi connectivity index (χ2v) is 27.0. The molecule has 0 atom stereocenters. The summed E-state index contributed by atoms with van der Waals surface area (Å²) < 4.78 is 25.2. The molecule has 2 aliphatic heterocycles. The van der Waals surface area contributed by atoms with E-state index in [1.807, 2.05) is 45.3 Å². The van der Waals surface area contributed by atoms with Gasteiger partial charge < -0.3 is 18.6 Å². The number of rotatable bonds is 3. The normalized spacial score (nSPS) is 16.7. The molecule has 6 heterocycles. The third-order valence-corrected chi connectivity index (χ3v) is 20.7. The fraction of sp³-hybridized carbons (Fsp3) is 0.298. The van der Waals surface area contributed by atoms with Crippen molar-refractivity contribution >= 4 is 111 Å². The van der Waals surface area contributed by atoms with E-state index in [0.29, 0.717) is 26.4 Å². The Morgan fingerprint density at radius 3 is 1.37 bits per heavy atom. The lowest BCUT2D eigenvalue weighted by Crippen LogP contribution is -2.33. The maximum atomic E-state index is 5.68. The fourth-order valence-electron chi connectivity index (χ4n) is 11.2. The first-order valence-corrected chi connectivity index (χ1v) is 28.5. The van der Waals surface area contributed by atoms with E-state index in [4.69, 9.17) is 18.6 Å². The van der Waals surface area contributed by atoms with Crippen LogP contribution >= 0.6 is 77.2 Å². The number of hydrogen-bond acceptors (Lipinski definition) is 8. The fourth-order valence-corrected chi connectivity index (χ4v) is 17.2. The van der Waals surface area contributed by atoms with Crippen molar-refractivity contribution < 1.29 is 18.6 Å². The molecule has 8 aromatic rings. The highest BCUT2D eigenvalue weighted by Gasteiger charge is 2.40. The maximum Gasteiger partial charge on any atom is 0.494 e. The zero-order chi connectivity index (χ0) is 46.6. The van der Waals surface area contributed by atoms with E-state index in [-0.39, 0.29) is 40.9 Å². The number of fused-ring (bicyclic) bond motifs is 12. The van der Waals surface area contributed by atoms with Crippen LogP contribution in [-0.4, -0.2) is 49.1 Å². The molecule has 2 fully saturated rings. The Labute approximate surface area is 449 Å². The molecule has 4 aromatic heterocycles. The molecule has 13 heteroatoms. The SMILES string of the molecule is Brc1cc2c(s1)-c1sc(Br)cc1CC2.C.CC1(C)c2cc(B3OCCO3)ccc2-c2ccc(B3OCCO3)cc21.Cc1ccc2c(c1)C(C)(C)c1cc(-c3cc4c(s3)-c3sc(C)cc3CC4)ccc1-2.[B]. The number of aryl methyl sites for hydroxylation is 6. The maximum absolute atomic E-state index is 5.68. The van der Waals surface area contributed by atoms with Gasteiger partial charge in [0.2, 0.25) is 0 Å². The molecule has 4 nitrogen and oxygen atoms in total. The van der Waals surface area contributed by atoms with E-state index in [0.717, 1.165) is 10.9 Å². The first-order valence-electron chi connectivity index (χ1n) is 23.6. The van der Waals surface area contributed by atoms with Crippen LogP contribution in [0.1, 0.15) is 90.1 Å². The van der Waals surface area contributed by atoms with Crippen molar-refractivity contribution in [3.63, 3.8) is 0 Å². The molecule has 2 saturated heterocycles. The van der Waals surface area contributed by atoms with Gasteiger partial charge in [0.1, 0.15) is 0 Å². The van der Waals surface area contributed by atoms with E-state index < -0.39 is 0 Å². The van der Waals surface area contributed by atoms with E-state index in [9.17, 15) is 0 Å². The Morgan fingerprint density at radius 2 is 0.857 bits per heavy atom. The van der Waals surface area contributed by atoms with Gasteiger partial charge in [0, 0.05) is 48.5 Å². The van der Waals surface area contributed by atoms with Crippen LogP contribution in [0.4, 0.5) is 0 Å². The van der Waals surface area contributed by atoms with Gasteiger partial charge in [0.25, 0.3) is 0 Å². The zero-order valence-electron chi connectivity index (χ0n) is 39.6. The first kappa shape index (κ1) is 50.2. The lowest BCUT2D eigenvalue weighted by Gasteiger charge is -2.23. The highest BCUT2D eigenvalue weighted by atomic mass is 79.9. The Kier molecular flexibility index (Phi) is 14.0. The molecule has 0 spiro atoms. The van der Waals surface area contributed by atoms with Crippen LogP contribution in [0.25, 0.3) is 52.2 Å². The molecule has 4 aromatic carbocycles.